The summed E-state index contributed by atoms with van der Waals surface area (Å²) in [6, 6.07) is -0.0540. The van der Waals surface area contributed by atoms with Crippen LogP contribution >= 0.6 is 0 Å². The van der Waals surface area contributed by atoms with Gasteiger partial charge < -0.3 is 14.4 Å². The maximum atomic E-state index is 12.1. The van der Waals surface area contributed by atoms with E-state index in [4.69, 9.17) is 9.47 Å². The van der Waals surface area contributed by atoms with Crippen LogP contribution in [0.25, 0.3) is 0 Å². The lowest BCUT2D eigenvalue weighted by Crippen LogP contribution is -2.48. The lowest BCUT2D eigenvalue weighted by molar-refractivity contribution is -0.133. The summed E-state index contributed by atoms with van der Waals surface area (Å²) in [7, 11) is -3.31. The predicted octanol–water partition coefficient (Wildman–Crippen LogP) is -0.174. The van der Waals surface area contributed by atoms with Gasteiger partial charge in [0.1, 0.15) is 11.9 Å². The number of ether oxygens (including phenoxy) is 2. The van der Waals surface area contributed by atoms with Crippen molar-refractivity contribution in [1.82, 2.24) is 4.90 Å². The Morgan fingerprint density at radius 1 is 1.42 bits per heavy atom. The largest absolute Gasteiger partial charge is 0.374 e. The molecule has 0 aromatic heterocycles. The van der Waals surface area contributed by atoms with E-state index in [1.165, 1.54) is 0 Å². The molecule has 1 aliphatic heterocycles. The molecule has 2 rings (SSSR count). The lowest BCUT2D eigenvalue weighted by atomic mass is 10.1. The highest BCUT2D eigenvalue weighted by atomic mass is 32.2. The minimum atomic E-state index is -3.31. The fraction of sp³-hybridized carbons (Fsp3) is 0.917. The summed E-state index contributed by atoms with van der Waals surface area (Å²) >= 11 is 0. The van der Waals surface area contributed by atoms with E-state index in [2.05, 4.69) is 0 Å². The molecule has 0 aromatic rings. The van der Waals surface area contributed by atoms with Crippen molar-refractivity contribution in [3.63, 3.8) is 0 Å². The molecular formula is C12H21NO5S. The molecule has 6 nitrogen and oxygen atoms in total. The molecule has 0 radical (unpaired) electrons. The third-order valence-electron chi connectivity index (χ3n) is 3.62. The van der Waals surface area contributed by atoms with Crippen molar-refractivity contribution < 1.29 is 22.7 Å². The molecule has 2 fully saturated rings. The molecule has 110 valence electrons. The minimum Gasteiger partial charge on any atom is -0.374 e. The van der Waals surface area contributed by atoms with E-state index in [0.717, 1.165) is 19.1 Å². The lowest BCUT2D eigenvalue weighted by Gasteiger charge is -2.31. The fourth-order valence-corrected chi connectivity index (χ4v) is 3.53. The van der Waals surface area contributed by atoms with E-state index in [-0.39, 0.29) is 24.2 Å². The van der Waals surface area contributed by atoms with Gasteiger partial charge in [-0.15, -0.1) is 0 Å². The molecular weight excluding hydrogens is 270 g/mol. The molecule has 1 saturated carbocycles. The van der Waals surface area contributed by atoms with Gasteiger partial charge in [0, 0.05) is 19.4 Å². The smallest absolute Gasteiger partial charge is 0.238 e. The Balaban J connectivity index is 2.13. The number of nitrogens with zero attached hydrogens (tertiary/aromatic N) is 1. The van der Waals surface area contributed by atoms with Crippen LogP contribution in [-0.4, -0.2) is 69.2 Å². The Kier molecular flexibility index (Phi) is 4.47. The zero-order chi connectivity index (χ0) is 14.0. The summed E-state index contributed by atoms with van der Waals surface area (Å²) in [6.45, 7) is 3.36. The first-order chi connectivity index (χ1) is 8.92. The molecule has 1 saturated heterocycles. The van der Waals surface area contributed by atoms with Gasteiger partial charge in [-0.05, 0) is 19.8 Å². The van der Waals surface area contributed by atoms with Gasteiger partial charge in [0.25, 0.3) is 0 Å². The molecule has 3 atom stereocenters. The molecule has 2 aliphatic rings. The van der Waals surface area contributed by atoms with Gasteiger partial charge in [0.2, 0.25) is 5.91 Å². The van der Waals surface area contributed by atoms with Crippen LogP contribution in [-0.2, 0) is 24.1 Å². The monoisotopic (exact) mass is 291 g/mol. The standard InChI is InChI=1S/C12H21NO5S/c1-3-17-12-9-4-5-10(12)18-7-6-13(9)11(14)8-19(2,15)16/h9-10,12H,3-8H2,1-2H3/t9-,10-,12-/m1/s1. The molecule has 1 heterocycles. The second-order valence-corrected chi connectivity index (χ2v) is 7.27. The maximum absolute atomic E-state index is 12.1. The molecule has 1 amide bonds. The number of hydrogen-bond acceptors (Lipinski definition) is 5. The van der Waals surface area contributed by atoms with E-state index >= 15 is 0 Å². The zero-order valence-electron chi connectivity index (χ0n) is 11.4. The van der Waals surface area contributed by atoms with Crippen molar-refractivity contribution in [3.8, 4) is 0 Å². The van der Waals surface area contributed by atoms with E-state index in [1.807, 2.05) is 6.92 Å². The Morgan fingerprint density at radius 2 is 2.16 bits per heavy atom. The van der Waals surface area contributed by atoms with Crippen LogP contribution in [0.2, 0.25) is 0 Å². The minimum absolute atomic E-state index is 0.0287. The third kappa shape index (κ3) is 3.46. The molecule has 0 aromatic carbocycles. The molecule has 0 N–H and O–H groups in total. The van der Waals surface area contributed by atoms with Crippen LogP contribution in [0, 0.1) is 0 Å². The normalized spacial score (nSPS) is 31.3. The average molecular weight is 291 g/mol. The first kappa shape index (κ1) is 14.7. The maximum Gasteiger partial charge on any atom is 0.238 e. The number of fused-ring (bicyclic) bond motifs is 2. The molecule has 2 bridgehead atoms. The van der Waals surface area contributed by atoms with Crippen molar-refractivity contribution in [1.29, 1.82) is 0 Å². The molecule has 19 heavy (non-hydrogen) atoms. The topological polar surface area (TPSA) is 72.9 Å². The van der Waals surface area contributed by atoms with Crippen molar-refractivity contribution >= 4 is 15.7 Å². The fourth-order valence-electron chi connectivity index (χ4n) is 2.92. The summed E-state index contributed by atoms with van der Waals surface area (Å²) in [5.74, 6) is -0.782. The second-order valence-electron chi connectivity index (χ2n) is 5.13. The van der Waals surface area contributed by atoms with Crippen LogP contribution in [0.4, 0.5) is 0 Å². The van der Waals surface area contributed by atoms with Gasteiger partial charge in [-0.3, -0.25) is 4.79 Å². The number of carbonyl (C=O) groups is 1. The first-order valence-corrected chi connectivity index (χ1v) is 8.69. The van der Waals surface area contributed by atoms with Gasteiger partial charge in [0.15, 0.2) is 9.84 Å². The van der Waals surface area contributed by atoms with Crippen molar-refractivity contribution in [2.75, 3.05) is 31.8 Å². The number of amides is 1. The Labute approximate surface area is 114 Å². The van der Waals surface area contributed by atoms with Gasteiger partial charge in [-0.2, -0.15) is 0 Å². The van der Waals surface area contributed by atoms with Gasteiger partial charge in [-0.1, -0.05) is 0 Å². The van der Waals surface area contributed by atoms with Crippen LogP contribution < -0.4 is 0 Å². The van der Waals surface area contributed by atoms with Crippen molar-refractivity contribution in [3.05, 3.63) is 0 Å². The van der Waals surface area contributed by atoms with Gasteiger partial charge in [-0.25, -0.2) is 8.42 Å². The van der Waals surface area contributed by atoms with Gasteiger partial charge >= 0.3 is 0 Å². The average Bonchev–Trinajstić information content (AvgIpc) is 2.53. The number of rotatable bonds is 4. The Bertz CT molecular complexity index is 435. The Morgan fingerprint density at radius 3 is 2.79 bits per heavy atom. The summed E-state index contributed by atoms with van der Waals surface area (Å²) in [5, 5.41) is 0. The summed E-state index contributed by atoms with van der Waals surface area (Å²) in [4.78, 5) is 13.8. The van der Waals surface area contributed by atoms with Crippen LogP contribution in [0.15, 0.2) is 0 Å². The van der Waals surface area contributed by atoms with E-state index < -0.39 is 15.6 Å². The van der Waals surface area contributed by atoms with Crippen molar-refractivity contribution in [2.24, 2.45) is 0 Å². The quantitative estimate of drug-likeness (QED) is 0.719. The number of carbonyl (C=O) groups excluding carboxylic acids is 1. The highest BCUT2D eigenvalue weighted by Gasteiger charge is 2.44. The van der Waals surface area contributed by atoms with E-state index in [9.17, 15) is 13.2 Å². The molecule has 1 aliphatic carbocycles. The summed E-state index contributed by atoms with van der Waals surface area (Å²) < 4.78 is 33.9. The summed E-state index contributed by atoms with van der Waals surface area (Å²) in [6.07, 6.45) is 2.65. The highest BCUT2D eigenvalue weighted by molar-refractivity contribution is 7.91. The number of hydrogen-bond donors (Lipinski definition) is 0. The predicted molar refractivity (Wildman–Crippen MR) is 69.6 cm³/mol. The molecule has 0 spiro atoms. The Hall–Kier alpha value is -0.660. The van der Waals surface area contributed by atoms with Crippen LogP contribution in [0.5, 0.6) is 0 Å². The zero-order valence-corrected chi connectivity index (χ0v) is 12.2. The molecule has 0 unspecified atom stereocenters. The SMILES string of the molecule is CCO[C@@H]1[C@H]2CC[C@H]1OCCN2C(=O)CS(C)(=O)=O. The first-order valence-electron chi connectivity index (χ1n) is 6.62. The summed E-state index contributed by atoms with van der Waals surface area (Å²) in [5.41, 5.74) is 0. The van der Waals surface area contributed by atoms with Crippen molar-refractivity contribution in [2.45, 2.75) is 38.0 Å². The van der Waals surface area contributed by atoms with E-state index in [1.54, 1.807) is 4.90 Å². The van der Waals surface area contributed by atoms with Gasteiger partial charge in [0.05, 0.1) is 18.8 Å². The van der Waals surface area contributed by atoms with E-state index in [0.29, 0.717) is 19.8 Å². The second kappa shape index (κ2) is 5.76. The number of sulfone groups is 1. The highest BCUT2D eigenvalue weighted by Crippen LogP contribution is 2.32. The van der Waals surface area contributed by atoms with Crippen LogP contribution in [0.1, 0.15) is 19.8 Å². The van der Waals surface area contributed by atoms with Crippen LogP contribution in [0.3, 0.4) is 0 Å². The third-order valence-corrected chi connectivity index (χ3v) is 4.39. The molecule has 7 heteroatoms.